The number of methoxy groups -OCH3 is 1. The standard InChI is InChI=1S/C21H22F2N2O6S/c1-14(26)15-4-3-5-17(12-15)32(28,29)25-10-8-24(9-11-25)20(27)16-6-7-18(30-2)19(13-16)31-21(22)23/h3-7,12-13,21H,8-11H2,1-2H3. The number of piperazine rings is 1. The van der Waals surface area contributed by atoms with Gasteiger partial charge in [0.05, 0.1) is 12.0 Å². The number of sulfonamides is 1. The first-order chi connectivity index (χ1) is 15.1. The highest BCUT2D eigenvalue weighted by atomic mass is 32.2. The van der Waals surface area contributed by atoms with Crippen molar-refractivity contribution in [1.82, 2.24) is 9.21 Å². The molecule has 0 bridgehead atoms. The predicted molar refractivity (Wildman–Crippen MR) is 111 cm³/mol. The molecular weight excluding hydrogens is 446 g/mol. The van der Waals surface area contributed by atoms with Gasteiger partial charge in [0.15, 0.2) is 17.3 Å². The van der Waals surface area contributed by atoms with Gasteiger partial charge in [-0.2, -0.15) is 13.1 Å². The Morgan fingerprint density at radius 3 is 2.25 bits per heavy atom. The van der Waals surface area contributed by atoms with E-state index in [1.54, 1.807) is 6.07 Å². The Hall–Kier alpha value is -3.05. The summed E-state index contributed by atoms with van der Waals surface area (Å²) in [7, 11) is -2.55. The van der Waals surface area contributed by atoms with Gasteiger partial charge in [0.1, 0.15) is 0 Å². The fourth-order valence-electron chi connectivity index (χ4n) is 3.34. The van der Waals surface area contributed by atoms with Crippen molar-refractivity contribution in [1.29, 1.82) is 0 Å². The number of hydrogen-bond acceptors (Lipinski definition) is 6. The summed E-state index contributed by atoms with van der Waals surface area (Å²) in [5.41, 5.74) is 0.410. The Balaban J connectivity index is 1.72. The minimum Gasteiger partial charge on any atom is -0.493 e. The van der Waals surface area contributed by atoms with Gasteiger partial charge in [0, 0.05) is 37.3 Å². The van der Waals surface area contributed by atoms with Crippen LogP contribution in [-0.2, 0) is 10.0 Å². The third kappa shape index (κ3) is 5.05. The molecule has 8 nitrogen and oxygen atoms in total. The van der Waals surface area contributed by atoms with Crippen LogP contribution in [0.25, 0.3) is 0 Å². The van der Waals surface area contributed by atoms with Crippen molar-refractivity contribution in [3.05, 3.63) is 53.6 Å². The predicted octanol–water partition coefficient (Wildman–Crippen LogP) is 2.65. The molecule has 0 aliphatic carbocycles. The number of alkyl halides is 2. The molecule has 2 aromatic carbocycles. The van der Waals surface area contributed by atoms with Crippen LogP contribution in [0.2, 0.25) is 0 Å². The van der Waals surface area contributed by atoms with Crippen LogP contribution in [0.3, 0.4) is 0 Å². The summed E-state index contributed by atoms with van der Waals surface area (Å²) < 4.78 is 61.8. The molecule has 172 valence electrons. The molecule has 1 aliphatic heterocycles. The van der Waals surface area contributed by atoms with E-state index >= 15 is 0 Å². The van der Waals surface area contributed by atoms with Crippen LogP contribution in [0.5, 0.6) is 11.5 Å². The summed E-state index contributed by atoms with van der Waals surface area (Å²) in [4.78, 5) is 25.8. The fourth-order valence-corrected chi connectivity index (χ4v) is 4.81. The lowest BCUT2D eigenvalue weighted by molar-refractivity contribution is -0.0512. The highest BCUT2D eigenvalue weighted by Gasteiger charge is 2.31. The monoisotopic (exact) mass is 468 g/mol. The summed E-state index contributed by atoms with van der Waals surface area (Å²) in [6.45, 7) is -1.40. The SMILES string of the molecule is COc1ccc(C(=O)N2CCN(S(=O)(=O)c3cccc(C(C)=O)c3)CC2)cc1OC(F)F. The maximum Gasteiger partial charge on any atom is 0.387 e. The highest BCUT2D eigenvalue weighted by Crippen LogP contribution is 2.30. The molecule has 0 N–H and O–H groups in total. The van der Waals surface area contributed by atoms with Gasteiger partial charge < -0.3 is 14.4 Å². The molecule has 1 amide bonds. The van der Waals surface area contributed by atoms with Crippen molar-refractivity contribution in [2.45, 2.75) is 18.4 Å². The van der Waals surface area contributed by atoms with Crippen molar-refractivity contribution >= 4 is 21.7 Å². The first-order valence-electron chi connectivity index (χ1n) is 9.66. The van der Waals surface area contributed by atoms with Crippen LogP contribution in [-0.4, -0.2) is 69.2 Å². The number of amides is 1. The van der Waals surface area contributed by atoms with Crippen LogP contribution in [0.4, 0.5) is 8.78 Å². The summed E-state index contributed by atoms with van der Waals surface area (Å²) in [6, 6.07) is 9.75. The lowest BCUT2D eigenvalue weighted by Gasteiger charge is -2.34. The summed E-state index contributed by atoms with van der Waals surface area (Å²) in [5.74, 6) is -0.889. The molecule has 0 radical (unpaired) electrons. The molecule has 1 fully saturated rings. The number of hydrogen-bond donors (Lipinski definition) is 0. The zero-order valence-corrected chi connectivity index (χ0v) is 18.3. The molecule has 1 aliphatic rings. The van der Waals surface area contributed by atoms with Gasteiger partial charge in [0.25, 0.3) is 5.91 Å². The molecule has 3 rings (SSSR count). The lowest BCUT2D eigenvalue weighted by Crippen LogP contribution is -2.50. The van der Waals surface area contributed by atoms with Gasteiger partial charge in [-0.1, -0.05) is 12.1 Å². The van der Waals surface area contributed by atoms with E-state index in [0.717, 1.165) is 0 Å². The molecule has 0 unspecified atom stereocenters. The normalized spacial score (nSPS) is 15.0. The van der Waals surface area contributed by atoms with Crippen molar-refractivity contribution in [3.63, 3.8) is 0 Å². The van der Waals surface area contributed by atoms with Crippen molar-refractivity contribution < 1.29 is 36.3 Å². The second-order valence-corrected chi connectivity index (χ2v) is 8.96. The van der Waals surface area contributed by atoms with Crippen molar-refractivity contribution in [2.75, 3.05) is 33.3 Å². The summed E-state index contributed by atoms with van der Waals surface area (Å²) in [6.07, 6.45) is 0. The Morgan fingerprint density at radius 1 is 0.969 bits per heavy atom. The van der Waals surface area contributed by atoms with E-state index in [9.17, 15) is 26.8 Å². The first-order valence-corrected chi connectivity index (χ1v) is 11.1. The molecular formula is C21H22F2N2O6S. The van der Waals surface area contributed by atoms with E-state index in [2.05, 4.69) is 4.74 Å². The van der Waals surface area contributed by atoms with E-state index in [1.807, 2.05) is 0 Å². The van der Waals surface area contributed by atoms with E-state index in [1.165, 1.54) is 59.6 Å². The van der Waals surface area contributed by atoms with E-state index in [-0.39, 0.29) is 53.9 Å². The number of benzene rings is 2. The van der Waals surface area contributed by atoms with Gasteiger partial charge in [-0.15, -0.1) is 0 Å². The van der Waals surface area contributed by atoms with Gasteiger partial charge >= 0.3 is 6.61 Å². The lowest BCUT2D eigenvalue weighted by atomic mass is 10.1. The number of halogens is 2. The second kappa shape index (κ2) is 9.61. The van der Waals surface area contributed by atoms with Crippen molar-refractivity contribution in [3.8, 4) is 11.5 Å². The minimum atomic E-state index is -3.84. The van der Waals surface area contributed by atoms with Crippen LogP contribution >= 0.6 is 0 Å². The Morgan fingerprint density at radius 2 is 1.66 bits per heavy atom. The third-order valence-electron chi connectivity index (χ3n) is 5.03. The largest absolute Gasteiger partial charge is 0.493 e. The van der Waals surface area contributed by atoms with E-state index in [0.29, 0.717) is 5.56 Å². The molecule has 1 saturated heterocycles. The fraction of sp³-hybridized carbons (Fsp3) is 0.333. The van der Waals surface area contributed by atoms with Gasteiger partial charge in [-0.3, -0.25) is 9.59 Å². The van der Waals surface area contributed by atoms with E-state index in [4.69, 9.17) is 4.74 Å². The molecule has 0 atom stereocenters. The molecule has 0 saturated carbocycles. The third-order valence-corrected chi connectivity index (χ3v) is 6.93. The van der Waals surface area contributed by atoms with Gasteiger partial charge in [0.2, 0.25) is 10.0 Å². The Kier molecular flexibility index (Phi) is 7.09. The van der Waals surface area contributed by atoms with Crippen molar-refractivity contribution in [2.24, 2.45) is 0 Å². The number of carbonyl (C=O) groups excluding carboxylic acids is 2. The smallest absolute Gasteiger partial charge is 0.387 e. The minimum absolute atomic E-state index is 0.00826. The quantitative estimate of drug-likeness (QED) is 0.580. The number of ether oxygens (including phenoxy) is 2. The molecule has 2 aromatic rings. The first kappa shape index (κ1) is 23.6. The van der Waals surface area contributed by atoms with Gasteiger partial charge in [-0.05, 0) is 37.3 Å². The average molecular weight is 468 g/mol. The van der Waals surface area contributed by atoms with Crippen LogP contribution in [0, 0.1) is 0 Å². The van der Waals surface area contributed by atoms with Crippen LogP contribution in [0.1, 0.15) is 27.6 Å². The highest BCUT2D eigenvalue weighted by molar-refractivity contribution is 7.89. The van der Waals surface area contributed by atoms with Gasteiger partial charge in [-0.25, -0.2) is 8.42 Å². The maximum absolute atomic E-state index is 12.9. The topological polar surface area (TPSA) is 93.2 Å². The van der Waals surface area contributed by atoms with E-state index < -0.39 is 22.5 Å². The molecule has 11 heteroatoms. The summed E-state index contributed by atoms with van der Waals surface area (Å²) >= 11 is 0. The molecule has 0 spiro atoms. The summed E-state index contributed by atoms with van der Waals surface area (Å²) in [5, 5.41) is 0. The average Bonchev–Trinajstić information content (AvgIpc) is 2.78. The van der Waals surface area contributed by atoms with Crippen LogP contribution in [0.15, 0.2) is 47.4 Å². The zero-order chi connectivity index (χ0) is 23.5. The number of carbonyl (C=O) groups is 2. The number of nitrogens with zero attached hydrogens (tertiary/aromatic N) is 2. The molecule has 0 aromatic heterocycles. The number of rotatable bonds is 7. The Bertz CT molecular complexity index is 1120. The Labute approximate surface area is 184 Å². The zero-order valence-electron chi connectivity index (χ0n) is 17.5. The number of Topliss-reactive ketones (excluding diaryl/α,β-unsaturated/α-hetero) is 1. The second-order valence-electron chi connectivity index (χ2n) is 7.02. The number of ketones is 1. The maximum atomic E-state index is 12.9. The van der Waals surface area contributed by atoms with Crippen LogP contribution < -0.4 is 9.47 Å². The molecule has 32 heavy (non-hydrogen) atoms. The molecule has 1 heterocycles.